The highest BCUT2D eigenvalue weighted by atomic mass is 16.7. The summed E-state index contributed by atoms with van der Waals surface area (Å²) in [5.74, 6) is -0.187. The predicted molar refractivity (Wildman–Crippen MR) is 58.3 cm³/mol. The van der Waals surface area contributed by atoms with E-state index in [0.29, 0.717) is 13.2 Å². The van der Waals surface area contributed by atoms with E-state index < -0.39 is 0 Å². The molecule has 1 fully saturated rings. The van der Waals surface area contributed by atoms with Crippen LogP contribution in [0, 0.1) is 0 Å². The second-order valence-corrected chi connectivity index (χ2v) is 3.74. The van der Waals surface area contributed by atoms with E-state index in [9.17, 15) is 4.79 Å². The van der Waals surface area contributed by atoms with Crippen molar-refractivity contribution in [3.8, 4) is 0 Å². The van der Waals surface area contributed by atoms with E-state index in [2.05, 4.69) is 5.48 Å². The van der Waals surface area contributed by atoms with Gasteiger partial charge in [-0.15, -0.1) is 0 Å². The van der Waals surface area contributed by atoms with Gasteiger partial charge in [0.2, 0.25) is 0 Å². The predicted octanol–water partition coefficient (Wildman–Crippen LogP) is 1.41. The highest BCUT2D eigenvalue weighted by Crippen LogP contribution is 2.11. The number of ether oxygens (including phenoxy) is 1. The first-order valence-electron chi connectivity index (χ1n) is 5.43. The molecule has 1 aromatic carbocycles. The minimum atomic E-state index is -0.337. The number of hydrogen-bond acceptors (Lipinski definition) is 3. The number of carbonyl (C=O) groups is 1. The topological polar surface area (TPSA) is 47.6 Å². The van der Waals surface area contributed by atoms with Gasteiger partial charge in [0.25, 0.3) is 5.91 Å². The Morgan fingerprint density at radius 2 is 2.25 bits per heavy atom. The van der Waals surface area contributed by atoms with Crippen LogP contribution >= 0.6 is 0 Å². The Morgan fingerprint density at radius 3 is 2.94 bits per heavy atom. The number of carbonyl (C=O) groups excluding carboxylic acids is 1. The molecule has 0 saturated carbocycles. The molecule has 0 bridgehead atoms. The number of nitrogens with one attached hydrogen (secondary N) is 1. The molecular formula is C12H15NO3. The molecule has 0 radical (unpaired) electrons. The van der Waals surface area contributed by atoms with Crippen molar-refractivity contribution in [1.82, 2.24) is 5.48 Å². The fourth-order valence-electron chi connectivity index (χ4n) is 1.61. The van der Waals surface area contributed by atoms with Crippen LogP contribution in [0.2, 0.25) is 0 Å². The molecule has 1 aliphatic heterocycles. The standard InChI is InChI=1S/C12H15NO3/c14-12(11-7-4-8-15-11)13-16-9-10-5-2-1-3-6-10/h1-3,5-6,11H,4,7-9H2,(H,13,14)/t11-/m1/s1. The molecule has 86 valence electrons. The summed E-state index contributed by atoms with van der Waals surface area (Å²) in [6.45, 7) is 1.04. The van der Waals surface area contributed by atoms with Gasteiger partial charge in [0.05, 0.1) is 6.61 Å². The number of hydrogen-bond donors (Lipinski definition) is 1. The lowest BCUT2D eigenvalue weighted by Gasteiger charge is -2.10. The van der Waals surface area contributed by atoms with E-state index >= 15 is 0 Å². The average molecular weight is 221 g/mol. The molecule has 1 atom stereocenters. The highest BCUT2D eigenvalue weighted by Gasteiger charge is 2.23. The average Bonchev–Trinajstić information content (AvgIpc) is 2.84. The molecule has 1 saturated heterocycles. The van der Waals surface area contributed by atoms with Crippen molar-refractivity contribution in [2.75, 3.05) is 6.61 Å². The third-order valence-electron chi connectivity index (χ3n) is 2.48. The molecule has 1 amide bonds. The Hall–Kier alpha value is -1.39. The zero-order chi connectivity index (χ0) is 11.2. The lowest BCUT2D eigenvalue weighted by molar-refractivity contribution is -0.144. The van der Waals surface area contributed by atoms with E-state index in [1.165, 1.54) is 0 Å². The van der Waals surface area contributed by atoms with Gasteiger partial charge in [-0.25, -0.2) is 5.48 Å². The first kappa shape index (κ1) is 11.1. The minimum absolute atomic E-state index is 0.187. The molecule has 1 N–H and O–H groups in total. The largest absolute Gasteiger partial charge is 0.368 e. The van der Waals surface area contributed by atoms with Crippen LogP contribution in [0.25, 0.3) is 0 Å². The van der Waals surface area contributed by atoms with Crippen LogP contribution in [0.15, 0.2) is 30.3 Å². The molecule has 4 nitrogen and oxygen atoms in total. The molecule has 16 heavy (non-hydrogen) atoms. The molecule has 2 rings (SSSR count). The van der Waals surface area contributed by atoms with Gasteiger partial charge in [0, 0.05) is 6.61 Å². The van der Waals surface area contributed by atoms with E-state index in [-0.39, 0.29) is 12.0 Å². The Bertz CT molecular complexity index is 333. The zero-order valence-electron chi connectivity index (χ0n) is 9.02. The second kappa shape index (κ2) is 5.63. The van der Waals surface area contributed by atoms with E-state index in [0.717, 1.165) is 18.4 Å². The van der Waals surface area contributed by atoms with Crippen molar-refractivity contribution in [1.29, 1.82) is 0 Å². The zero-order valence-corrected chi connectivity index (χ0v) is 9.02. The maximum absolute atomic E-state index is 11.5. The quantitative estimate of drug-likeness (QED) is 0.782. The van der Waals surface area contributed by atoms with Crippen molar-refractivity contribution < 1.29 is 14.4 Å². The molecule has 4 heteroatoms. The third-order valence-corrected chi connectivity index (χ3v) is 2.48. The van der Waals surface area contributed by atoms with Gasteiger partial charge in [0.15, 0.2) is 0 Å². The molecular weight excluding hydrogens is 206 g/mol. The van der Waals surface area contributed by atoms with Crippen molar-refractivity contribution in [3.63, 3.8) is 0 Å². The summed E-state index contributed by atoms with van der Waals surface area (Å²) in [4.78, 5) is 16.6. The van der Waals surface area contributed by atoms with Crippen LogP contribution in [0.3, 0.4) is 0 Å². The van der Waals surface area contributed by atoms with Crippen LogP contribution in [0.5, 0.6) is 0 Å². The maximum atomic E-state index is 11.5. The lowest BCUT2D eigenvalue weighted by Crippen LogP contribution is -2.33. The summed E-state index contributed by atoms with van der Waals surface area (Å²) >= 11 is 0. The van der Waals surface area contributed by atoms with Gasteiger partial charge in [-0.2, -0.15) is 0 Å². The number of hydroxylamine groups is 1. The number of benzene rings is 1. The van der Waals surface area contributed by atoms with Gasteiger partial charge in [-0.1, -0.05) is 30.3 Å². The summed E-state index contributed by atoms with van der Waals surface area (Å²) in [7, 11) is 0. The molecule has 0 aromatic heterocycles. The Kier molecular flexibility index (Phi) is 3.91. The fourth-order valence-corrected chi connectivity index (χ4v) is 1.61. The van der Waals surface area contributed by atoms with E-state index in [4.69, 9.17) is 9.57 Å². The number of rotatable bonds is 4. The minimum Gasteiger partial charge on any atom is -0.368 e. The van der Waals surface area contributed by atoms with Gasteiger partial charge in [-0.3, -0.25) is 9.63 Å². The SMILES string of the molecule is O=C(NOCc1ccccc1)[C@H]1CCCO1. The van der Waals surface area contributed by atoms with Crippen LogP contribution in [-0.4, -0.2) is 18.6 Å². The highest BCUT2D eigenvalue weighted by molar-refractivity contribution is 5.79. The summed E-state index contributed by atoms with van der Waals surface area (Å²) in [6, 6.07) is 9.69. The molecule has 1 aromatic rings. The summed E-state index contributed by atoms with van der Waals surface area (Å²) < 4.78 is 5.23. The second-order valence-electron chi connectivity index (χ2n) is 3.74. The van der Waals surface area contributed by atoms with Crippen molar-refractivity contribution in [2.24, 2.45) is 0 Å². The van der Waals surface area contributed by atoms with Crippen molar-refractivity contribution in [2.45, 2.75) is 25.6 Å². The molecule has 0 spiro atoms. The summed E-state index contributed by atoms with van der Waals surface area (Å²) in [5, 5.41) is 0. The van der Waals surface area contributed by atoms with E-state index in [1.54, 1.807) is 0 Å². The molecule has 1 heterocycles. The number of amides is 1. The van der Waals surface area contributed by atoms with Crippen molar-refractivity contribution >= 4 is 5.91 Å². The first-order valence-corrected chi connectivity index (χ1v) is 5.43. The summed E-state index contributed by atoms with van der Waals surface area (Å²) in [5.41, 5.74) is 3.43. The van der Waals surface area contributed by atoms with Crippen LogP contribution < -0.4 is 5.48 Å². The molecule has 0 aliphatic carbocycles. The lowest BCUT2D eigenvalue weighted by atomic mass is 10.2. The van der Waals surface area contributed by atoms with Crippen LogP contribution in [0.4, 0.5) is 0 Å². The normalized spacial score (nSPS) is 19.6. The van der Waals surface area contributed by atoms with Crippen LogP contribution in [-0.2, 0) is 21.0 Å². The van der Waals surface area contributed by atoms with E-state index in [1.807, 2.05) is 30.3 Å². The van der Waals surface area contributed by atoms with Gasteiger partial charge >= 0.3 is 0 Å². The van der Waals surface area contributed by atoms with Crippen molar-refractivity contribution in [3.05, 3.63) is 35.9 Å². The third kappa shape index (κ3) is 3.05. The summed E-state index contributed by atoms with van der Waals surface area (Å²) in [6.07, 6.45) is 1.38. The molecule has 0 unspecified atom stereocenters. The van der Waals surface area contributed by atoms with Gasteiger partial charge < -0.3 is 4.74 Å². The maximum Gasteiger partial charge on any atom is 0.272 e. The molecule has 1 aliphatic rings. The van der Waals surface area contributed by atoms with Crippen LogP contribution in [0.1, 0.15) is 18.4 Å². The Balaban J connectivity index is 1.70. The van der Waals surface area contributed by atoms with Gasteiger partial charge in [-0.05, 0) is 18.4 Å². The first-order chi connectivity index (χ1) is 7.86. The Labute approximate surface area is 94.5 Å². The Morgan fingerprint density at radius 1 is 1.44 bits per heavy atom. The smallest absolute Gasteiger partial charge is 0.272 e. The van der Waals surface area contributed by atoms with Gasteiger partial charge in [0.1, 0.15) is 6.10 Å². The fraction of sp³-hybridized carbons (Fsp3) is 0.417. The monoisotopic (exact) mass is 221 g/mol.